The molecule has 0 unspecified atom stereocenters. The molecule has 0 aromatic carbocycles. The van der Waals surface area contributed by atoms with Gasteiger partial charge in [0.2, 0.25) is 0 Å². The molecule has 0 aromatic heterocycles. The summed E-state index contributed by atoms with van der Waals surface area (Å²) in [6.07, 6.45) is 3.84. The molecular formula is C5H9N. The molecule has 1 aliphatic rings. The lowest BCUT2D eigenvalue weighted by Gasteiger charge is -1.97. The van der Waals surface area contributed by atoms with Crippen molar-refractivity contribution >= 4 is 6.19 Å². The molecule has 6 heavy (non-hydrogen) atoms. The van der Waals surface area contributed by atoms with Crippen LogP contribution in [0.1, 0.15) is 20.6 Å². The maximum absolute atomic E-state index is 7.02. The molecule has 0 bridgehead atoms. The molecule has 1 heteroatoms. The van der Waals surface area contributed by atoms with Crippen LogP contribution in [0.5, 0.6) is 0 Å². The fraction of sp³-hybridized carbons (Fsp3) is 0.800. The molecule has 0 saturated carbocycles. The predicted molar refractivity (Wildman–Crippen MR) is 27.2 cm³/mol. The molecule has 0 aromatic rings. The fourth-order valence-corrected chi connectivity index (χ4v) is 0.553. The highest BCUT2D eigenvalue weighted by molar-refractivity contribution is 5.57. The van der Waals surface area contributed by atoms with Gasteiger partial charge in [-0.25, -0.2) is 0 Å². The van der Waals surface area contributed by atoms with Gasteiger partial charge in [0.05, 0.1) is 1.37 Å². The second kappa shape index (κ2) is 1.96. The van der Waals surface area contributed by atoms with Crippen LogP contribution in [-0.4, -0.2) is 12.7 Å². The van der Waals surface area contributed by atoms with Crippen LogP contribution in [0.25, 0.3) is 0 Å². The Kier molecular flexibility index (Phi) is 0.906. The molecule has 1 heterocycles. The minimum Gasteiger partial charge on any atom is -0.298 e. The monoisotopic (exact) mass is 84.1 g/mol. The Bertz CT molecular complexity index is 88.1. The predicted octanol–water partition coefficient (Wildman–Crippen LogP) is 1.24. The molecule has 0 amide bonds. The van der Waals surface area contributed by atoms with Gasteiger partial charge in [0.1, 0.15) is 0 Å². The van der Waals surface area contributed by atoms with Gasteiger partial charge < -0.3 is 0 Å². The third-order valence-electron chi connectivity index (χ3n) is 0.920. The Morgan fingerprint density at radius 3 is 3.00 bits per heavy atom. The summed E-state index contributed by atoms with van der Waals surface area (Å²) in [6, 6.07) is 0. The average Bonchev–Trinajstić information content (AvgIpc) is 1.69. The second-order valence-electron chi connectivity index (χ2n) is 1.50. The number of rotatable bonds is 0. The second-order valence-corrected chi connectivity index (χ2v) is 1.50. The number of aliphatic imine (C=N–C) groups is 1. The molecule has 0 radical (unpaired) electrons. The minimum absolute atomic E-state index is 0.589. The summed E-state index contributed by atoms with van der Waals surface area (Å²) >= 11 is 0. The molecule has 0 aliphatic carbocycles. The largest absolute Gasteiger partial charge is 0.298 e. The van der Waals surface area contributed by atoms with Crippen molar-refractivity contribution in [3.63, 3.8) is 0 Å². The zero-order valence-electron chi connectivity index (χ0n) is 4.78. The maximum atomic E-state index is 7.02. The van der Waals surface area contributed by atoms with E-state index < -0.39 is 0 Å². The van der Waals surface area contributed by atoms with Crippen molar-refractivity contribution in [2.75, 3.05) is 6.54 Å². The number of nitrogens with zero attached hydrogens (tertiary/aromatic N) is 1. The first-order valence-electron chi connectivity index (χ1n) is 2.89. The van der Waals surface area contributed by atoms with Crippen molar-refractivity contribution in [2.24, 2.45) is 4.99 Å². The highest BCUT2D eigenvalue weighted by atomic mass is 14.7. The van der Waals surface area contributed by atoms with Gasteiger partial charge >= 0.3 is 0 Å². The number of hydrogen-bond donors (Lipinski definition) is 0. The third kappa shape index (κ3) is 0.814. The summed E-state index contributed by atoms with van der Waals surface area (Å²) in [4.78, 5) is 3.91. The van der Waals surface area contributed by atoms with Crippen molar-refractivity contribution in [2.45, 2.75) is 19.3 Å². The van der Waals surface area contributed by atoms with E-state index in [2.05, 4.69) is 4.99 Å². The van der Waals surface area contributed by atoms with E-state index in [4.69, 9.17) is 1.37 Å². The molecule has 0 spiro atoms. The molecule has 0 saturated heterocycles. The molecule has 0 fully saturated rings. The molecule has 1 aliphatic heterocycles. The summed E-state index contributed by atoms with van der Waals surface area (Å²) in [7, 11) is 0. The van der Waals surface area contributed by atoms with E-state index >= 15 is 0 Å². The highest BCUT2D eigenvalue weighted by Gasteiger charge is 1.88. The first-order valence-corrected chi connectivity index (χ1v) is 2.39. The van der Waals surface area contributed by atoms with Crippen LogP contribution in [0.3, 0.4) is 0 Å². The van der Waals surface area contributed by atoms with Gasteiger partial charge in [-0.05, 0) is 25.5 Å². The van der Waals surface area contributed by atoms with Gasteiger partial charge in [-0.3, -0.25) is 4.99 Å². The van der Waals surface area contributed by atoms with E-state index in [9.17, 15) is 0 Å². The van der Waals surface area contributed by atoms with Gasteiger partial charge in [0.25, 0.3) is 0 Å². The van der Waals surface area contributed by atoms with Crippen LogP contribution in [0, 0.1) is 0 Å². The van der Waals surface area contributed by atoms with Gasteiger partial charge in [-0.1, -0.05) is 0 Å². The van der Waals surface area contributed by atoms with Crippen LogP contribution in [-0.2, 0) is 0 Å². The summed E-state index contributed by atoms with van der Waals surface area (Å²) < 4.78 is 7.02. The van der Waals surface area contributed by atoms with Gasteiger partial charge in [-0.2, -0.15) is 0 Å². The zero-order valence-corrected chi connectivity index (χ0v) is 3.78. The van der Waals surface area contributed by atoms with Crippen LogP contribution >= 0.6 is 0 Å². The molecule has 1 rings (SSSR count). The number of hydrogen-bond acceptors (Lipinski definition) is 1. The van der Waals surface area contributed by atoms with Gasteiger partial charge in [0.15, 0.2) is 0 Å². The first kappa shape index (κ1) is 2.78. The standard InChI is InChI=1S/C5H9N/c1-2-4-6-5-3-1/h4H,1-3,5H2/i4D. The van der Waals surface area contributed by atoms with Crippen LogP contribution in [0.4, 0.5) is 0 Å². The molecular weight excluding hydrogens is 74.1 g/mol. The van der Waals surface area contributed by atoms with E-state index in [0.29, 0.717) is 6.19 Å². The lowest BCUT2D eigenvalue weighted by molar-refractivity contribution is 0.749. The quantitative estimate of drug-likeness (QED) is 0.418. The minimum atomic E-state index is 0.589. The Balaban J connectivity index is 2.40. The van der Waals surface area contributed by atoms with Crippen LogP contribution in [0.2, 0.25) is 0 Å². The van der Waals surface area contributed by atoms with E-state index in [1.807, 2.05) is 0 Å². The van der Waals surface area contributed by atoms with Crippen molar-refractivity contribution in [3.05, 3.63) is 0 Å². The normalized spacial score (nSPS) is 25.3. The first-order chi connectivity index (χ1) is 3.39. The Morgan fingerprint density at radius 1 is 1.67 bits per heavy atom. The average molecular weight is 84.1 g/mol. The van der Waals surface area contributed by atoms with Crippen molar-refractivity contribution in [1.82, 2.24) is 0 Å². The highest BCUT2D eigenvalue weighted by Crippen LogP contribution is 1.97. The molecule has 34 valence electrons. The smallest absolute Gasteiger partial charge is 0.0787 e. The topological polar surface area (TPSA) is 12.4 Å². The van der Waals surface area contributed by atoms with Crippen LogP contribution in [0.15, 0.2) is 4.99 Å². The lowest BCUT2D eigenvalue weighted by Crippen LogP contribution is -1.89. The summed E-state index contributed by atoms with van der Waals surface area (Å²) in [5, 5.41) is 0. The third-order valence-corrected chi connectivity index (χ3v) is 0.920. The summed E-state index contributed by atoms with van der Waals surface area (Å²) in [5.41, 5.74) is 0. The maximum Gasteiger partial charge on any atom is 0.0787 e. The van der Waals surface area contributed by atoms with Gasteiger partial charge in [0, 0.05) is 6.54 Å². The Morgan fingerprint density at radius 2 is 2.67 bits per heavy atom. The summed E-state index contributed by atoms with van der Waals surface area (Å²) in [6.45, 7) is 0.888. The van der Waals surface area contributed by atoms with Gasteiger partial charge in [-0.15, -0.1) is 0 Å². The zero-order chi connectivity index (χ0) is 5.11. The lowest BCUT2D eigenvalue weighted by atomic mass is 10.2. The van der Waals surface area contributed by atoms with Crippen LogP contribution < -0.4 is 0 Å². The van der Waals surface area contributed by atoms with E-state index in [0.717, 1.165) is 13.0 Å². The van der Waals surface area contributed by atoms with Crippen molar-refractivity contribution < 1.29 is 1.37 Å². The Labute approximate surface area is 39.5 Å². The van der Waals surface area contributed by atoms with E-state index in [1.54, 1.807) is 0 Å². The van der Waals surface area contributed by atoms with Crippen molar-refractivity contribution in [1.29, 1.82) is 0 Å². The molecule has 0 atom stereocenters. The Hall–Kier alpha value is -0.330. The summed E-state index contributed by atoms with van der Waals surface area (Å²) in [5.74, 6) is 0. The fourth-order valence-electron chi connectivity index (χ4n) is 0.553. The van der Waals surface area contributed by atoms with Crippen molar-refractivity contribution in [3.8, 4) is 0 Å². The van der Waals surface area contributed by atoms with E-state index in [-0.39, 0.29) is 0 Å². The SMILES string of the molecule is [2H]C1=NCCCC1. The van der Waals surface area contributed by atoms with E-state index in [1.165, 1.54) is 12.8 Å². The molecule has 0 N–H and O–H groups in total. The molecule has 1 nitrogen and oxygen atoms in total.